The monoisotopic (exact) mass is 289 g/mol. The van der Waals surface area contributed by atoms with Crippen molar-refractivity contribution in [1.29, 1.82) is 0 Å². The summed E-state index contributed by atoms with van der Waals surface area (Å²) < 4.78 is 10.8. The zero-order valence-electron chi connectivity index (χ0n) is 12.1. The van der Waals surface area contributed by atoms with Crippen molar-refractivity contribution in [1.82, 2.24) is 5.32 Å². The largest absolute Gasteiger partial charge is 0.467 e. The molecule has 1 amide bonds. The third kappa shape index (κ3) is 2.48. The third-order valence-electron chi connectivity index (χ3n) is 4.32. The first kappa shape index (κ1) is 13.9. The highest BCUT2D eigenvalue weighted by atomic mass is 16.6. The van der Waals surface area contributed by atoms with Gasteiger partial charge in [-0.2, -0.15) is 0 Å². The first-order valence-electron chi connectivity index (χ1n) is 7.38. The van der Waals surface area contributed by atoms with Crippen LogP contribution in [0.1, 0.15) is 44.8 Å². The molecule has 112 valence electrons. The maximum absolute atomic E-state index is 12.5. The number of nitrogens with one attached hydrogen (secondary N) is 1. The minimum atomic E-state index is -0.702. The van der Waals surface area contributed by atoms with E-state index in [1.807, 2.05) is 0 Å². The van der Waals surface area contributed by atoms with Crippen molar-refractivity contribution in [2.45, 2.75) is 51.2 Å². The molecule has 1 aromatic rings. The van der Waals surface area contributed by atoms with Crippen LogP contribution in [0, 0.1) is 0 Å². The first-order chi connectivity index (χ1) is 10.1. The summed E-state index contributed by atoms with van der Waals surface area (Å²) in [6.45, 7) is 1.99. The fraction of sp³-hybridized carbons (Fsp3) is 0.500. The van der Waals surface area contributed by atoms with Crippen LogP contribution < -0.4 is 5.32 Å². The van der Waals surface area contributed by atoms with Crippen molar-refractivity contribution < 1.29 is 18.7 Å². The molecule has 1 spiro atoms. The summed E-state index contributed by atoms with van der Waals surface area (Å²) in [6, 6.07) is 3.57. The lowest BCUT2D eigenvalue weighted by atomic mass is 9.78. The average Bonchev–Trinajstić information content (AvgIpc) is 3.06. The molecule has 1 aromatic heterocycles. The van der Waals surface area contributed by atoms with E-state index in [4.69, 9.17) is 9.15 Å². The van der Waals surface area contributed by atoms with Gasteiger partial charge in [0.1, 0.15) is 11.4 Å². The Bertz CT molecular complexity index is 579. The van der Waals surface area contributed by atoms with Crippen LogP contribution in [-0.2, 0) is 20.9 Å². The molecule has 0 atom stereocenters. The quantitative estimate of drug-likeness (QED) is 0.868. The van der Waals surface area contributed by atoms with Gasteiger partial charge in [0.05, 0.1) is 18.4 Å². The van der Waals surface area contributed by atoms with Crippen molar-refractivity contribution in [3.63, 3.8) is 0 Å². The molecule has 5 heteroatoms. The van der Waals surface area contributed by atoms with Crippen LogP contribution >= 0.6 is 0 Å². The highest BCUT2D eigenvalue weighted by molar-refractivity contribution is 6.07. The lowest BCUT2D eigenvalue weighted by Crippen LogP contribution is -2.41. The molecule has 0 aromatic carbocycles. The number of esters is 1. The molecule has 0 unspecified atom stereocenters. The number of ether oxygens (including phenoxy) is 1. The molecule has 2 aliphatic rings. The summed E-state index contributed by atoms with van der Waals surface area (Å²) in [5.74, 6) is 0.0984. The predicted molar refractivity (Wildman–Crippen MR) is 75.2 cm³/mol. The van der Waals surface area contributed by atoms with E-state index in [1.165, 1.54) is 0 Å². The van der Waals surface area contributed by atoms with Crippen LogP contribution in [0.4, 0.5) is 0 Å². The Balaban J connectivity index is 1.79. The molecule has 21 heavy (non-hydrogen) atoms. The number of amides is 1. The predicted octanol–water partition coefficient (Wildman–Crippen LogP) is 2.47. The van der Waals surface area contributed by atoms with Gasteiger partial charge in [-0.1, -0.05) is 6.42 Å². The maximum atomic E-state index is 12.5. The van der Waals surface area contributed by atoms with Crippen molar-refractivity contribution >= 4 is 11.9 Å². The highest BCUT2D eigenvalue weighted by Crippen LogP contribution is 2.43. The van der Waals surface area contributed by atoms with Crippen LogP contribution in [0.15, 0.2) is 34.0 Å². The molecule has 1 fully saturated rings. The lowest BCUT2D eigenvalue weighted by molar-refractivity contribution is -0.149. The van der Waals surface area contributed by atoms with Gasteiger partial charge >= 0.3 is 5.97 Å². The molecule has 1 N–H and O–H groups in total. The van der Waals surface area contributed by atoms with Gasteiger partial charge in [-0.25, -0.2) is 4.79 Å². The fourth-order valence-electron chi connectivity index (χ4n) is 3.27. The SMILES string of the molecule is CC1=C(C(=O)NCc2ccco2)C2(CCCCC2)OC1=O. The summed E-state index contributed by atoms with van der Waals surface area (Å²) in [5, 5.41) is 2.83. The summed E-state index contributed by atoms with van der Waals surface area (Å²) in [6.07, 6.45) is 6.13. The number of carbonyl (C=O) groups excluding carboxylic acids is 2. The maximum Gasteiger partial charge on any atom is 0.335 e. The van der Waals surface area contributed by atoms with Gasteiger partial charge in [-0.3, -0.25) is 4.79 Å². The Kier molecular flexibility index (Phi) is 3.57. The van der Waals surface area contributed by atoms with Gasteiger partial charge in [-0.05, 0) is 44.7 Å². The van der Waals surface area contributed by atoms with Crippen LogP contribution in [0.25, 0.3) is 0 Å². The van der Waals surface area contributed by atoms with Crippen LogP contribution in [0.2, 0.25) is 0 Å². The minimum Gasteiger partial charge on any atom is -0.467 e. The average molecular weight is 289 g/mol. The molecule has 0 saturated heterocycles. The van der Waals surface area contributed by atoms with Crippen molar-refractivity contribution in [2.24, 2.45) is 0 Å². The van der Waals surface area contributed by atoms with Gasteiger partial charge in [0.2, 0.25) is 0 Å². The summed E-state index contributed by atoms with van der Waals surface area (Å²) >= 11 is 0. The Morgan fingerprint density at radius 2 is 2.10 bits per heavy atom. The summed E-state index contributed by atoms with van der Waals surface area (Å²) in [5.41, 5.74) is 0.250. The summed E-state index contributed by atoms with van der Waals surface area (Å²) in [7, 11) is 0. The number of carbonyl (C=O) groups is 2. The number of hydrogen-bond donors (Lipinski definition) is 1. The topological polar surface area (TPSA) is 68.5 Å². The Morgan fingerprint density at radius 3 is 2.76 bits per heavy atom. The lowest BCUT2D eigenvalue weighted by Gasteiger charge is -2.33. The van der Waals surface area contributed by atoms with Gasteiger partial charge < -0.3 is 14.5 Å². The smallest absolute Gasteiger partial charge is 0.335 e. The molecule has 0 bridgehead atoms. The van der Waals surface area contributed by atoms with Crippen molar-refractivity contribution in [3.05, 3.63) is 35.3 Å². The molecule has 0 radical (unpaired) electrons. The number of furan rings is 1. The van der Waals surface area contributed by atoms with Gasteiger partial charge in [0.15, 0.2) is 0 Å². The van der Waals surface area contributed by atoms with E-state index in [1.54, 1.807) is 25.3 Å². The van der Waals surface area contributed by atoms with E-state index < -0.39 is 5.60 Å². The van der Waals surface area contributed by atoms with Gasteiger partial charge in [0.25, 0.3) is 5.91 Å². The molecule has 1 aliphatic carbocycles. The number of hydrogen-bond acceptors (Lipinski definition) is 4. The molecule has 1 aliphatic heterocycles. The molecular formula is C16H19NO4. The molecule has 2 heterocycles. The minimum absolute atomic E-state index is 0.225. The summed E-state index contributed by atoms with van der Waals surface area (Å²) in [4.78, 5) is 24.4. The molecule has 5 nitrogen and oxygen atoms in total. The van der Waals surface area contributed by atoms with Gasteiger partial charge in [0, 0.05) is 5.57 Å². The second-order valence-electron chi connectivity index (χ2n) is 5.71. The van der Waals surface area contributed by atoms with Crippen LogP contribution in [0.5, 0.6) is 0 Å². The normalized spacial score (nSPS) is 20.7. The number of rotatable bonds is 3. The van der Waals surface area contributed by atoms with E-state index in [9.17, 15) is 9.59 Å². The van der Waals surface area contributed by atoms with Crippen LogP contribution in [-0.4, -0.2) is 17.5 Å². The van der Waals surface area contributed by atoms with E-state index in [-0.39, 0.29) is 11.9 Å². The van der Waals surface area contributed by atoms with E-state index in [0.717, 1.165) is 32.1 Å². The standard InChI is InChI=1S/C16H19NO4/c1-11-13(14(18)17-10-12-6-5-9-20-12)16(21-15(11)19)7-3-2-4-8-16/h5-6,9H,2-4,7-8,10H2,1H3,(H,17,18). The first-order valence-corrected chi connectivity index (χ1v) is 7.38. The second-order valence-corrected chi connectivity index (χ2v) is 5.71. The molecule has 1 saturated carbocycles. The Labute approximate surface area is 123 Å². The highest BCUT2D eigenvalue weighted by Gasteiger charge is 2.49. The van der Waals surface area contributed by atoms with E-state index >= 15 is 0 Å². The molecule has 3 rings (SSSR count). The van der Waals surface area contributed by atoms with E-state index in [2.05, 4.69) is 5.32 Å². The van der Waals surface area contributed by atoms with Crippen molar-refractivity contribution in [2.75, 3.05) is 0 Å². The fourth-order valence-corrected chi connectivity index (χ4v) is 3.27. The van der Waals surface area contributed by atoms with Crippen LogP contribution in [0.3, 0.4) is 0 Å². The second kappa shape index (κ2) is 5.39. The Hall–Kier alpha value is -2.04. The molecular weight excluding hydrogens is 270 g/mol. The zero-order valence-corrected chi connectivity index (χ0v) is 12.1. The van der Waals surface area contributed by atoms with E-state index in [0.29, 0.717) is 23.5 Å². The Morgan fingerprint density at radius 1 is 1.33 bits per heavy atom. The van der Waals surface area contributed by atoms with Crippen molar-refractivity contribution in [3.8, 4) is 0 Å². The third-order valence-corrected chi connectivity index (χ3v) is 4.32. The zero-order chi connectivity index (χ0) is 14.9. The van der Waals surface area contributed by atoms with Gasteiger partial charge in [-0.15, -0.1) is 0 Å².